The van der Waals surface area contributed by atoms with Gasteiger partial charge < -0.3 is 10.3 Å². The first-order valence-electron chi connectivity index (χ1n) is 6.81. The van der Waals surface area contributed by atoms with Crippen molar-refractivity contribution in [3.05, 3.63) is 46.4 Å². The number of nitrogens with two attached hydrogens (primary N) is 1. The second-order valence-electron chi connectivity index (χ2n) is 4.96. The third-order valence-corrected chi connectivity index (χ3v) is 3.99. The van der Waals surface area contributed by atoms with Gasteiger partial charge in [0.05, 0.1) is 21.7 Å². The Hall–Kier alpha value is -1.71. The van der Waals surface area contributed by atoms with Gasteiger partial charge in [0.1, 0.15) is 5.82 Å². The lowest BCUT2D eigenvalue weighted by Crippen LogP contribution is -2.00. The number of nitrogen functional groups attached to an aromatic ring is 1. The highest BCUT2D eigenvalue weighted by Gasteiger charge is 2.13. The van der Waals surface area contributed by atoms with E-state index in [9.17, 15) is 0 Å². The summed E-state index contributed by atoms with van der Waals surface area (Å²) in [5.74, 6) is 0.887. The molecule has 0 aliphatic carbocycles. The van der Waals surface area contributed by atoms with Gasteiger partial charge in [-0.05, 0) is 42.8 Å². The lowest BCUT2D eigenvalue weighted by molar-refractivity contribution is 0.704. The maximum absolute atomic E-state index is 6.06. The van der Waals surface area contributed by atoms with Gasteiger partial charge in [-0.3, -0.25) is 0 Å². The highest BCUT2D eigenvalue weighted by Crippen LogP contribution is 2.30. The number of rotatable bonds is 3. The number of nitrogens with zero attached hydrogens (tertiary/aromatic N) is 2. The lowest BCUT2D eigenvalue weighted by Gasteiger charge is -2.09. The Morgan fingerprint density at radius 1 is 1.14 bits per heavy atom. The Morgan fingerprint density at radius 3 is 2.67 bits per heavy atom. The van der Waals surface area contributed by atoms with Crippen LogP contribution in [0.3, 0.4) is 0 Å². The minimum atomic E-state index is 0.556. The smallest absolute Gasteiger partial charge is 0.141 e. The van der Waals surface area contributed by atoms with Crippen LogP contribution >= 0.6 is 23.2 Å². The van der Waals surface area contributed by atoms with E-state index in [1.807, 2.05) is 30.3 Å². The zero-order chi connectivity index (χ0) is 15.0. The summed E-state index contributed by atoms with van der Waals surface area (Å²) in [5.41, 5.74) is 9.39. The van der Waals surface area contributed by atoms with E-state index in [-0.39, 0.29) is 0 Å². The average molecular weight is 320 g/mol. The molecule has 2 aromatic carbocycles. The second kappa shape index (κ2) is 5.58. The van der Waals surface area contributed by atoms with E-state index in [2.05, 4.69) is 11.5 Å². The van der Waals surface area contributed by atoms with Crippen LogP contribution in [0.4, 0.5) is 5.69 Å². The molecule has 0 saturated carbocycles. The Kier molecular flexibility index (Phi) is 3.79. The van der Waals surface area contributed by atoms with Crippen LogP contribution in [0.2, 0.25) is 10.0 Å². The molecule has 0 atom stereocenters. The number of hydrogen-bond donors (Lipinski definition) is 1. The number of aromatic nitrogens is 2. The fourth-order valence-corrected chi connectivity index (χ4v) is 2.74. The largest absolute Gasteiger partial charge is 0.398 e. The van der Waals surface area contributed by atoms with Gasteiger partial charge >= 0.3 is 0 Å². The fourth-order valence-electron chi connectivity index (χ4n) is 2.46. The number of halogens is 2. The van der Waals surface area contributed by atoms with Gasteiger partial charge in [0.15, 0.2) is 0 Å². The van der Waals surface area contributed by atoms with Gasteiger partial charge in [-0.1, -0.05) is 30.1 Å². The first-order valence-corrected chi connectivity index (χ1v) is 7.57. The Bertz CT molecular complexity index is 809. The maximum Gasteiger partial charge on any atom is 0.141 e. The molecule has 0 aliphatic rings. The quantitative estimate of drug-likeness (QED) is 0.690. The SMILES string of the molecule is CCCn1c(-c2ccc(Cl)c(N)c2)nc2cc(Cl)ccc21. The van der Waals surface area contributed by atoms with Crippen LogP contribution in [-0.2, 0) is 6.54 Å². The summed E-state index contributed by atoms with van der Waals surface area (Å²) in [6.07, 6.45) is 1.02. The minimum Gasteiger partial charge on any atom is -0.398 e. The number of anilines is 1. The highest BCUT2D eigenvalue weighted by atomic mass is 35.5. The van der Waals surface area contributed by atoms with Crippen LogP contribution in [0.25, 0.3) is 22.4 Å². The van der Waals surface area contributed by atoms with Crippen LogP contribution in [0.5, 0.6) is 0 Å². The molecule has 0 amide bonds. The second-order valence-corrected chi connectivity index (χ2v) is 5.80. The molecule has 0 fully saturated rings. The topological polar surface area (TPSA) is 43.8 Å². The normalized spacial score (nSPS) is 11.2. The van der Waals surface area contributed by atoms with Crippen LogP contribution in [0.15, 0.2) is 36.4 Å². The van der Waals surface area contributed by atoms with Crippen molar-refractivity contribution in [1.82, 2.24) is 9.55 Å². The summed E-state index contributed by atoms with van der Waals surface area (Å²) in [4.78, 5) is 4.71. The monoisotopic (exact) mass is 319 g/mol. The summed E-state index contributed by atoms with van der Waals surface area (Å²) in [6.45, 7) is 3.03. The number of benzene rings is 2. The van der Waals surface area contributed by atoms with Crippen LogP contribution in [-0.4, -0.2) is 9.55 Å². The predicted octanol–water partition coefficient (Wildman–Crippen LogP) is 5.00. The minimum absolute atomic E-state index is 0.556. The van der Waals surface area contributed by atoms with E-state index in [1.165, 1.54) is 0 Å². The lowest BCUT2D eigenvalue weighted by atomic mass is 10.2. The molecule has 3 rings (SSSR count). The Balaban J connectivity index is 2.24. The molecule has 0 saturated heterocycles. The molecule has 3 nitrogen and oxygen atoms in total. The third-order valence-electron chi connectivity index (χ3n) is 3.41. The third kappa shape index (κ3) is 2.59. The van der Waals surface area contributed by atoms with Gasteiger partial charge in [0, 0.05) is 17.1 Å². The molecule has 2 N–H and O–H groups in total. The summed E-state index contributed by atoms with van der Waals surface area (Å²) >= 11 is 12.1. The van der Waals surface area contributed by atoms with Crippen molar-refractivity contribution in [1.29, 1.82) is 0 Å². The summed E-state index contributed by atoms with van der Waals surface area (Å²) in [7, 11) is 0. The van der Waals surface area contributed by atoms with E-state index >= 15 is 0 Å². The zero-order valence-electron chi connectivity index (χ0n) is 11.6. The molecular formula is C16H15Cl2N3. The van der Waals surface area contributed by atoms with Crippen LogP contribution in [0.1, 0.15) is 13.3 Å². The molecule has 3 aromatic rings. The van der Waals surface area contributed by atoms with Crippen LogP contribution in [0, 0.1) is 0 Å². The zero-order valence-corrected chi connectivity index (χ0v) is 13.1. The predicted molar refractivity (Wildman–Crippen MR) is 89.9 cm³/mol. The number of imidazole rings is 1. The number of fused-ring (bicyclic) bond motifs is 1. The molecule has 0 bridgehead atoms. The Morgan fingerprint density at radius 2 is 1.95 bits per heavy atom. The van der Waals surface area contributed by atoms with E-state index < -0.39 is 0 Å². The first kappa shape index (κ1) is 14.2. The van der Waals surface area contributed by atoms with Gasteiger partial charge in [0.25, 0.3) is 0 Å². The van der Waals surface area contributed by atoms with Crippen molar-refractivity contribution in [3.8, 4) is 11.4 Å². The van der Waals surface area contributed by atoms with Crippen molar-refractivity contribution in [2.24, 2.45) is 0 Å². The summed E-state index contributed by atoms with van der Waals surface area (Å²) in [6, 6.07) is 11.4. The van der Waals surface area contributed by atoms with E-state index in [4.69, 9.17) is 33.9 Å². The summed E-state index contributed by atoms with van der Waals surface area (Å²) < 4.78 is 2.19. The van der Waals surface area contributed by atoms with Crippen molar-refractivity contribution in [3.63, 3.8) is 0 Å². The number of hydrogen-bond acceptors (Lipinski definition) is 2. The van der Waals surface area contributed by atoms with Crippen molar-refractivity contribution < 1.29 is 0 Å². The molecule has 0 spiro atoms. The van der Waals surface area contributed by atoms with Crippen LogP contribution < -0.4 is 5.73 Å². The maximum atomic E-state index is 6.06. The molecule has 1 heterocycles. The van der Waals surface area contributed by atoms with Gasteiger partial charge in [-0.25, -0.2) is 4.98 Å². The van der Waals surface area contributed by atoms with E-state index in [0.717, 1.165) is 35.4 Å². The van der Waals surface area contributed by atoms with Crippen molar-refractivity contribution in [2.75, 3.05) is 5.73 Å². The molecule has 0 aliphatic heterocycles. The number of aryl methyl sites for hydroxylation is 1. The standard InChI is InChI=1S/C16H15Cl2N3/c1-2-7-21-15-6-4-11(17)9-14(15)20-16(21)10-3-5-12(18)13(19)8-10/h3-6,8-9H,2,7,19H2,1H3. The average Bonchev–Trinajstić information content (AvgIpc) is 2.80. The fraction of sp³-hybridized carbons (Fsp3) is 0.188. The summed E-state index contributed by atoms with van der Waals surface area (Å²) in [5, 5.41) is 1.24. The molecule has 1 aromatic heterocycles. The van der Waals surface area contributed by atoms with E-state index in [0.29, 0.717) is 15.7 Å². The highest BCUT2D eigenvalue weighted by molar-refractivity contribution is 6.33. The first-order chi connectivity index (χ1) is 10.1. The molecule has 5 heteroatoms. The molecule has 21 heavy (non-hydrogen) atoms. The molecule has 0 radical (unpaired) electrons. The molecule has 0 unspecified atom stereocenters. The van der Waals surface area contributed by atoms with E-state index in [1.54, 1.807) is 6.07 Å². The molecular weight excluding hydrogens is 305 g/mol. The Labute approximate surface area is 133 Å². The van der Waals surface area contributed by atoms with Gasteiger partial charge in [0.2, 0.25) is 0 Å². The van der Waals surface area contributed by atoms with Gasteiger partial charge in [-0.2, -0.15) is 0 Å². The van der Waals surface area contributed by atoms with Gasteiger partial charge in [-0.15, -0.1) is 0 Å². The van der Waals surface area contributed by atoms with Crippen molar-refractivity contribution >= 4 is 39.9 Å². The van der Waals surface area contributed by atoms with Crippen molar-refractivity contribution in [2.45, 2.75) is 19.9 Å². The molecule has 108 valence electrons.